The predicted octanol–water partition coefficient (Wildman–Crippen LogP) is 3.25. The summed E-state index contributed by atoms with van der Waals surface area (Å²) >= 11 is 6.43. The molecule has 0 atom stereocenters. The van der Waals surface area contributed by atoms with Crippen LogP contribution < -0.4 is 0 Å². The Morgan fingerprint density at radius 1 is 1.65 bits per heavy atom. The molecule has 0 aliphatic carbocycles. The Morgan fingerprint density at radius 2 is 2.29 bits per heavy atom. The number of hydrogen-bond donors (Lipinski definition) is 2. The van der Waals surface area contributed by atoms with Gasteiger partial charge in [-0.1, -0.05) is 18.2 Å². The van der Waals surface area contributed by atoms with E-state index in [0.29, 0.717) is 6.42 Å². The van der Waals surface area contributed by atoms with Gasteiger partial charge in [0.1, 0.15) is 0 Å². The fourth-order valence-electron chi connectivity index (χ4n) is 1.33. The maximum absolute atomic E-state index is 10.4. The molecule has 1 aromatic carbocycles. The minimum Gasteiger partial charge on any atom is -0.481 e. The average molecular weight is 386 g/mol. The van der Waals surface area contributed by atoms with E-state index in [1.807, 2.05) is 25.1 Å². The van der Waals surface area contributed by atoms with Crippen LogP contribution in [0.25, 0.3) is 0 Å². The van der Waals surface area contributed by atoms with Gasteiger partial charge in [-0.05, 0) is 63.9 Å². The normalized spacial score (nSPS) is 10.4. The van der Waals surface area contributed by atoms with Crippen LogP contribution in [-0.4, -0.2) is 17.6 Å². The lowest BCUT2D eigenvalue weighted by atomic mass is 10.0. The summed E-state index contributed by atoms with van der Waals surface area (Å²) in [7, 11) is 0. The molecule has 0 amide bonds. The number of aliphatic carboxylic acids is 1. The van der Waals surface area contributed by atoms with Crippen LogP contribution in [-0.2, 0) is 29.6 Å². The number of rotatable bonds is 5. The Morgan fingerprint density at radius 3 is 2.82 bits per heavy atom. The monoisotopic (exact) mass is 386 g/mol. The zero-order valence-electron chi connectivity index (χ0n) is 10.4. The molecular weight excluding hydrogens is 370 g/mol. The van der Waals surface area contributed by atoms with Crippen molar-refractivity contribution < 1.29 is 15.0 Å². The van der Waals surface area contributed by atoms with Crippen LogP contribution in [0.4, 0.5) is 0 Å². The van der Waals surface area contributed by atoms with E-state index in [1.54, 1.807) is 0 Å². The summed E-state index contributed by atoms with van der Waals surface area (Å²) in [5, 5.41) is 12.9. The van der Waals surface area contributed by atoms with Crippen LogP contribution in [0, 0.1) is 6.92 Å². The van der Waals surface area contributed by atoms with Crippen molar-refractivity contribution in [2.24, 2.45) is 0 Å². The molecule has 0 aliphatic rings. The van der Waals surface area contributed by atoms with Gasteiger partial charge in [0.2, 0.25) is 1.43 Å². The number of aliphatic hydroxyl groups is 1. The molecule has 2 N–H and O–H groups in total. The fraction of sp³-hybridized carbons (Fsp3) is 0.364. The molecule has 3 nitrogen and oxygen atoms in total. The van der Waals surface area contributed by atoms with E-state index in [2.05, 4.69) is 39.0 Å². The lowest BCUT2D eigenvalue weighted by Crippen LogP contribution is -1.99. The summed E-state index contributed by atoms with van der Waals surface area (Å²) in [5.74, 6) is -0.795. The van der Waals surface area contributed by atoms with Crippen molar-refractivity contribution in [2.75, 3.05) is 0 Å². The highest BCUT2D eigenvalue weighted by Crippen LogP contribution is 2.13. The van der Waals surface area contributed by atoms with Gasteiger partial charge in [-0.2, -0.15) is 0 Å². The number of carboxylic acid groups (broad SMARTS) is 1. The van der Waals surface area contributed by atoms with Crippen LogP contribution in [0.3, 0.4) is 0 Å². The molecule has 0 aromatic heterocycles. The first-order valence-corrected chi connectivity index (χ1v) is 9.56. The van der Waals surface area contributed by atoms with Gasteiger partial charge in [-0.3, -0.25) is 4.79 Å². The Kier molecular flexibility index (Phi) is 8.70. The van der Waals surface area contributed by atoms with Gasteiger partial charge >= 0.3 is 5.97 Å². The lowest BCUT2D eigenvalue weighted by molar-refractivity contribution is -0.136. The van der Waals surface area contributed by atoms with Crippen molar-refractivity contribution in [1.29, 1.82) is 1.43 Å². The summed E-state index contributed by atoms with van der Waals surface area (Å²) in [6.07, 6.45) is 0.652. The molecule has 0 bridgehead atoms. The van der Waals surface area contributed by atoms with Crippen molar-refractivity contribution in [3.05, 3.63) is 34.9 Å². The third-order valence-corrected chi connectivity index (χ3v) is 2.19. The second-order valence-electron chi connectivity index (χ2n) is 3.37. The van der Waals surface area contributed by atoms with Crippen LogP contribution in [0.2, 0.25) is 0 Å². The molecule has 0 spiro atoms. The number of benzene rings is 1. The average Bonchev–Trinajstić information content (AvgIpc) is 2.31. The topological polar surface area (TPSA) is 57.5 Å². The largest absolute Gasteiger partial charge is 0.481 e. The quantitative estimate of drug-likeness (QED) is 0.603. The predicted molar refractivity (Wildman–Crippen MR) is 81.4 cm³/mol. The minimum absolute atomic E-state index is 0.131. The molecule has 0 unspecified atom stereocenters. The van der Waals surface area contributed by atoms with E-state index in [1.165, 1.54) is 0 Å². The van der Waals surface area contributed by atoms with E-state index in [-0.39, 0.29) is 13.0 Å². The first kappa shape index (κ1) is 15.0. The highest BCUT2D eigenvalue weighted by Gasteiger charge is 2.03. The molecule has 0 fully saturated rings. The third kappa shape index (κ3) is 7.76. The zero-order valence-corrected chi connectivity index (χ0v) is 13.2. The summed E-state index contributed by atoms with van der Waals surface area (Å²) in [4.78, 5) is 11.4. The lowest BCUT2D eigenvalue weighted by Gasteiger charge is -2.06. The smallest absolute Gasteiger partial charge is 0.303 e. The van der Waals surface area contributed by atoms with Crippen molar-refractivity contribution >= 4 is 44.8 Å². The summed E-state index contributed by atoms with van der Waals surface area (Å²) in [6.45, 7) is 2.18. The van der Waals surface area contributed by atoms with Crippen LogP contribution in [0.15, 0.2) is 18.2 Å². The molecule has 6 heteroatoms. The molecule has 0 radical (unpaired) electrons. The standard InChI is InChI=1S/C11H14O3.IPS/c1-8-2-3-9(7-12)6-10(8)4-5-11(13)14;1-2-3/h2-3,6,12H,4-5,7H2,1H3,(H,13,14);/i12T;. The molecule has 0 saturated heterocycles. The van der Waals surface area contributed by atoms with Crippen molar-refractivity contribution in [3.63, 3.8) is 0 Å². The number of carbonyl (C=O) groups is 1. The number of carboxylic acids is 1. The van der Waals surface area contributed by atoms with Crippen molar-refractivity contribution in [3.8, 4) is 0 Å². The first-order valence-electron chi connectivity index (χ1n) is 5.27. The first-order chi connectivity index (χ1) is 8.54. The Hall–Kier alpha value is -0.100. The van der Waals surface area contributed by atoms with E-state index in [4.69, 9.17) is 6.54 Å². The van der Waals surface area contributed by atoms with Gasteiger partial charge in [-0.15, -0.1) is 0 Å². The van der Waals surface area contributed by atoms with Gasteiger partial charge in [0.25, 0.3) is 0 Å². The van der Waals surface area contributed by atoms with Gasteiger partial charge in [0.05, 0.1) is 6.61 Å². The third-order valence-electron chi connectivity index (χ3n) is 2.19. The molecule has 0 aliphatic heterocycles. The van der Waals surface area contributed by atoms with Crippen molar-refractivity contribution in [1.82, 2.24) is 0 Å². The van der Waals surface area contributed by atoms with Gasteiger partial charge < -0.3 is 10.2 Å². The number of hydrogen-bond acceptors (Lipinski definition) is 3. The number of aryl methyl sites for hydroxylation is 2. The van der Waals surface area contributed by atoms with Crippen LogP contribution >= 0.6 is 27.0 Å². The van der Waals surface area contributed by atoms with Crippen LogP contribution in [0.5, 0.6) is 0 Å². The van der Waals surface area contributed by atoms with E-state index >= 15 is 0 Å². The zero-order chi connectivity index (χ0) is 14.0. The molecule has 17 heavy (non-hydrogen) atoms. The molecule has 0 heterocycles. The fourth-order valence-corrected chi connectivity index (χ4v) is 1.33. The number of aliphatic hydroxyl groups excluding tert-OH is 1. The highest BCUT2D eigenvalue weighted by molar-refractivity contribution is 14.2. The van der Waals surface area contributed by atoms with Crippen LogP contribution in [0.1, 0.15) is 23.1 Å². The second kappa shape index (κ2) is 9.88. The van der Waals surface area contributed by atoms with Gasteiger partial charge in [-0.25, -0.2) is 0 Å². The molecular formula is C11H14IO3PS. The minimum atomic E-state index is -0.795. The van der Waals surface area contributed by atoms with Gasteiger partial charge in [0.15, 0.2) is 0 Å². The maximum Gasteiger partial charge on any atom is 0.303 e. The van der Waals surface area contributed by atoms with E-state index < -0.39 is 5.97 Å². The highest BCUT2D eigenvalue weighted by atomic mass is 127. The van der Waals surface area contributed by atoms with E-state index in [0.717, 1.165) is 21.7 Å². The Balaban J connectivity index is 0.000000873. The SMILES string of the molecule is S=PI.[3H]OCc1ccc(C)c(CCC(=O)O)c1. The van der Waals surface area contributed by atoms with E-state index in [9.17, 15) is 4.79 Å². The molecule has 94 valence electrons. The maximum atomic E-state index is 10.4. The Labute approximate surface area is 122 Å². The summed E-state index contributed by atoms with van der Waals surface area (Å²) in [6, 6.07) is 5.70. The molecule has 1 rings (SSSR count). The molecule has 0 saturated carbocycles. The van der Waals surface area contributed by atoms with Gasteiger partial charge in [0, 0.05) is 11.4 Å². The van der Waals surface area contributed by atoms with Crippen molar-refractivity contribution in [2.45, 2.75) is 26.4 Å². The Bertz CT molecular complexity index is 404. The molecule has 1 aromatic rings. The second-order valence-corrected chi connectivity index (χ2v) is 7.47. The number of halogens is 1. The summed E-state index contributed by atoms with van der Waals surface area (Å²) < 4.78 is 6.64. The summed E-state index contributed by atoms with van der Waals surface area (Å²) in [5.41, 5.74) is 2.98.